The molecule has 2 aromatic heterocycles. The van der Waals surface area contributed by atoms with Crippen molar-refractivity contribution >= 4 is 6.03 Å². The van der Waals surface area contributed by atoms with Crippen molar-refractivity contribution in [2.45, 2.75) is 0 Å². The molecule has 20 heavy (non-hydrogen) atoms. The van der Waals surface area contributed by atoms with Gasteiger partial charge in [-0.05, 0) is 17.7 Å². The van der Waals surface area contributed by atoms with Crippen molar-refractivity contribution in [3.8, 4) is 22.4 Å². The van der Waals surface area contributed by atoms with Gasteiger partial charge in [0, 0.05) is 24.4 Å². The van der Waals surface area contributed by atoms with Gasteiger partial charge < -0.3 is 9.73 Å². The largest absolute Gasteiger partial charge is 0.472 e. The highest BCUT2D eigenvalue weighted by Crippen LogP contribution is 2.25. The van der Waals surface area contributed by atoms with Gasteiger partial charge in [0.25, 0.3) is 0 Å². The molecule has 0 saturated heterocycles. The number of imidazole rings is 1. The highest BCUT2D eigenvalue weighted by atomic mass is 16.3. The summed E-state index contributed by atoms with van der Waals surface area (Å²) in [6.45, 7) is 0. The van der Waals surface area contributed by atoms with Crippen LogP contribution in [0, 0.1) is 0 Å². The highest BCUT2D eigenvalue weighted by molar-refractivity contribution is 5.78. The minimum atomic E-state index is -0.213. The summed E-state index contributed by atoms with van der Waals surface area (Å²) in [4.78, 5) is 15.8. The normalized spacial score (nSPS) is 10.4. The fraction of sp³-hybridized carbons (Fsp3) is 0.0667. The van der Waals surface area contributed by atoms with Gasteiger partial charge in [-0.2, -0.15) is 0 Å². The Morgan fingerprint density at radius 3 is 2.85 bits per heavy atom. The summed E-state index contributed by atoms with van der Waals surface area (Å²) in [5, 5.41) is 2.55. The average molecular weight is 267 g/mol. The van der Waals surface area contributed by atoms with Crippen LogP contribution in [0.15, 0.2) is 59.8 Å². The van der Waals surface area contributed by atoms with Gasteiger partial charge in [0.1, 0.15) is 6.33 Å². The lowest BCUT2D eigenvalue weighted by Gasteiger charge is -2.01. The molecule has 0 unspecified atom stereocenters. The van der Waals surface area contributed by atoms with Crippen LogP contribution in [0.25, 0.3) is 22.4 Å². The van der Waals surface area contributed by atoms with E-state index in [4.69, 9.17) is 4.42 Å². The van der Waals surface area contributed by atoms with Gasteiger partial charge in [0.05, 0.1) is 18.2 Å². The summed E-state index contributed by atoms with van der Waals surface area (Å²) in [7, 11) is 1.58. The first-order chi connectivity index (χ1) is 9.78. The molecule has 100 valence electrons. The maximum atomic E-state index is 11.5. The first-order valence-electron chi connectivity index (χ1n) is 6.17. The lowest BCUT2D eigenvalue weighted by Crippen LogP contribution is -2.22. The van der Waals surface area contributed by atoms with Crippen molar-refractivity contribution in [3.05, 3.63) is 55.4 Å². The van der Waals surface area contributed by atoms with Crippen molar-refractivity contribution in [3.63, 3.8) is 0 Å². The van der Waals surface area contributed by atoms with E-state index >= 15 is 0 Å². The smallest absolute Gasteiger partial charge is 0.326 e. The Balaban J connectivity index is 1.96. The summed E-state index contributed by atoms with van der Waals surface area (Å²) < 4.78 is 6.51. The number of nitrogens with one attached hydrogen (secondary N) is 1. The van der Waals surface area contributed by atoms with E-state index in [1.165, 1.54) is 10.9 Å². The molecule has 0 aliphatic heterocycles. The van der Waals surface area contributed by atoms with E-state index < -0.39 is 0 Å². The summed E-state index contributed by atoms with van der Waals surface area (Å²) in [6, 6.07) is 9.62. The van der Waals surface area contributed by atoms with Crippen LogP contribution in [0.5, 0.6) is 0 Å². The summed E-state index contributed by atoms with van der Waals surface area (Å²) in [6.07, 6.45) is 6.54. The molecule has 1 aromatic carbocycles. The zero-order valence-electron chi connectivity index (χ0n) is 10.9. The van der Waals surface area contributed by atoms with Crippen molar-refractivity contribution in [1.29, 1.82) is 0 Å². The van der Waals surface area contributed by atoms with Crippen LogP contribution in [-0.4, -0.2) is 22.6 Å². The van der Waals surface area contributed by atoms with Crippen LogP contribution in [-0.2, 0) is 0 Å². The topological polar surface area (TPSA) is 60.1 Å². The van der Waals surface area contributed by atoms with E-state index in [2.05, 4.69) is 10.3 Å². The van der Waals surface area contributed by atoms with Crippen LogP contribution >= 0.6 is 0 Å². The van der Waals surface area contributed by atoms with E-state index in [0.29, 0.717) is 0 Å². The Hall–Kier alpha value is -2.82. The third-order valence-corrected chi connectivity index (χ3v) is 3.04. The first kappa shape index (κ1) is 12.2. The van der Waals surface area contributed by atoms with E-state index in [-0.39, 0.29) is 6.03 Å². The van der Waals surface area contributed by atoms with Crippen LogP contribution in [0.1, 0.15) is 0 Å². The number of hydrogen-bond acceptors (Lipinski definition) is 3. The van der Waals surface area contributed by atoms with Crippen molar-refractivity contribution < 1.29 is 9.21 Å². The molecule has 1 amide bonds. The van der Waals surface area contributed by atoms with E-state index in [9.17, 15) is 4.79 Å². The number of aromatic nitrogens is 2. The molecule has 0 atom stereocenters. The number of carbonyl (C=O) groups excluding carboxylic acids is 1. The monoisotopic (exact) mass is 267 g/mol. The second-order valence-corrected chi connectivity index (χ2v) is 4.31. The lowest BCUT2D eigenvalue weighted by molar-refractivity contribution is 0.244. The van der Waals surface area contributed by atoms with Gasteiger partial charge in [-0.3, -0.25) is 4.57 Å². The molecule has 3 aromatic rings. The van der Waals surface area contributed by atoms with Crippen LogP contribution in [0.2, 0.25) is 0 Å². The van der Waals surface area contributed by atoms with Crippen molar-refractivity contribution in [2.24, 2.45) is 0 Å². The molecule has 0 spiro atoms. The Bertz CT molecular complexity index is 729. The second-order valence-electron chi connectivity index (χ2n) is 4.31. The molecule has 5 heteroatoms. The number of benzene rings is 1. The third kappa shape index (κ3) is 2.21. The van der Waals surface area contributed by atoms with Gasteiger partial charge in [-0.25, -0.2) is 9.78 Å². The predicted molar refractivity (Wildman–Crippen MR) is 75.2 cm³/mol. The second kappa shape index (κ2) is 5.05. The van der Waals surface area contributed by atoms with Crippen LogP contribution in [0.3, 0.4) is 0 Å². The molecular formula is C15H13N3O2. The van der Waals surface area contributed by atoms with Gasteiger partial charge in [0.15, 0.2) is 0 Å². The number of rotatable bonds is 2. The highest BCUT2D eigenvalue weighted by Gasteiger charge is 2.07. The molecule has 0 aliphatic rings. The number of furan rings is 1. The predicted octanol–water partition coefficient (Wildman–Crippen LogP) is 3.00. The summed E-state index contributed by atoms with van der Waals surface area (Å²) >= 11 is 0. The molecule has 1 N–H and O–H groups in total. The molecule has 3 rings (SSSR count). The van der Waals surface area contributed by atoms with Gasteiger partial charge in [-0.15, -0.1) is 0 Å². The minimum Gasteiger partial charge on any atom is -0.472 e. The van der Waals surface area contributed by atoms with E-state index in [1.54, 1.807) is 25.8 Å². The Morgan fingerprint density at radius 2 is 2.10 bits per heavy atom. The Labute approximate surface area is 115 Å². The van der Waals surface area contributed by atoms with Gasteiger partial charge >= 0.3 is 6.03 Å². The molecule has 0 fully saturated rings. The van der Waals surface area contributed by atoms with Crippen LogP contribution in [0.4, 0.5) is 4.79 Å². The number of nitrogens with zero attached hydrogens (tertiary/aromatic N) is 2. The molecule has 5 nitrogen and oxygen atoms in total. The zero-order chi connectivity index (χ0) is 13.9. The fourth-order valence-electron chi connectivity index (χ4n) is 2.00. The maximum absolute atomic E-state index is 11.5. The number of carbonyl (C=O) groups is 1. The average Bonchev–Trinajstić information content (AvgIpc) is 3.18. The quantitative estimate of drug-likeness (QED) is 0.776. The molecule has 0 radical (unpaired) electrons. The standard InChI is InChI=1S/C15H13N3O2/c1-16-15(19)18-8-14(17-10-18)12-4-2-3-11(7-12)13-5-6-20-9-13/h2-10H,1H3,(H,16,19). The Kier molecular flexibility index (Phi) is 3.09. The fourth-order valence-corrected chi connectivity index (χ4v) is 2.00. The zero-order valence-corrected chi connectivity index (χ0v) is 10.9. The molecule has 0 saturated carbocycles. The SMILES string of the molecule is CNC(=O)n1cnc(-c2cccc(-c3ccoc3)c2)c1. The minimum absolute atomic E-state index is 0.213. The number of hydrogen-bond donors (Lipinski definition) is 1. The third-order valence-electron chi connectivity index (χ3n) is 3.04. The first-order valence-corrected chi connectivity index (χ1v) is 6.17. The van der Waals surface area contributed by atoms with E-state index in [1.807, 2.05) is 30.3 Å². The molecule has 0 aliphatic carbocycles. The molecular weight excluding hydrogens is 254 g/mol. The number of amides is 1. The van der Waals surface area contributed by atoms with Crippen molar-refractivity contribution in [1.82, 2.24) is 14.9 Å². The summed E-state index contributed by atoms with van der Waals surface area (Å²) in [5.41, 5.74) is 3.76. The van der Waals surface area contributed by atoms with Crippen LogP contribution < -0.4 is 5.32 Å². The van der Waals surface area contributed by atoms with Gasteiger partial charge in [0.2, 0.25) is 0 Å². The van der Waals surface area contributed by atoms with E-state index in [0.717, 1.165) is 22.4 Å². The van der Waals surface area contributed by atoms with Crippen molar-refractivity contribution in [2.75, 3.05) is 7.05 Å². The summed E-state index contributed by atoms with van der Waals surface area (Å²) in [5.74, 6) is 0. The van der Waals surface area contributed by atoms with Gasteiger partial charge in [-0.1, -0.05) is 18.2 Å². The molecule has 0 bridgehead atoms. The Morgan fingerprint density at radius 1 is 1.25 bits per heavy atom. The lowest BCUT2D eigenvalue weighted by atomic mass is 10.0. The maximum Gasteiger partial charge on any atom is 0.326 e. The molecule has 2 heterocycles.